The van der Waals surface area contributed by atoms with E-state index in [-0.39, 0.29) is 5.91 Å². The lowest BCUT2D eigenvalue weighted by molar-refractivity contribution is 0.0953. The number of aryl methyl sites for hydroxylation is 1. The van der Waals surface area contributed by atoms with Crippen molar-refractivity contribution in [1.82, 2.24) is 10.3 Å². The highest BCUT2D eigenvalue weighted by Crippen LogP contribution is 2.25. The first-order chi connectivity index (χ1) is 11.2. The van der Waals surface area contributed by atoms with Crippen LogP contribution in [0, 0.1) is 6.92 Å². The third-order valence-corrected chi connectivity index (χ3v) is 3.74. The predicted molar refractivity (Wildman–Crippen MR) is 95.3 cm³/mol. The van der Waals surface area contributed by atoms with Crippen LogP contribution in [0.25, 0.3) is 0 Å². The highest BCUT2D eigenvalue weighted by Gasteiger charge is 2.11. The van der Waals surface area contributed by atoms with Crippen molar-refractivity contribution in [2.75, 3.05) is 18.0 Å². The molecule has 0 saturated heterocycles. The molecule has 0 radical (unpaired) electrons. The van der Waals surface area contributed by atoms with Gasteiger partial charge in [0.15, 0.2) is 0 Å². The fraction of sp³-hybridized carbons (Fsp3) is 0.368. The number of benzene rings is 1. The van der Waals surface area contributed by atoms with Crippen LogP contribution in [0.3, 0.4) is 0 Å². The number of hydrogen-bond donors (Lipinski definition) is 1. The third-order valence-electron chi connectivity index (χ3n) is 3.74. The quantitative estimate of drug-likeness (QED) is 0.784. The fourth-order valence-corrected chi connectivity index (χ4v) is 2.49. The Morgan fingerprint density at radius 3 is 2.70 bits per heavy atom. The monoisotopic (exact) mass is 311 g/mol. The minimum atomic E-state index is -0.0619. The van der Waals surface area contributed by atoms with E-state index < -0.39 is 0 Å². The van der Waals surface area contributed by atoms with E-state index >= 15 is 0 Å². The normalized spacial score (nSPS) is 10.4. The highest BCUT2D eigenvalue weighted by molar-refractivity contribution is 5.94. The van der Waals surface area contributed by atoms with Crippen LogP contribution in [0.15, 0.2) is 42.7 Å². The Kier molecular flexibility index (Phi) is 6.15. The number of unbranched alkanes of at least 4 members (excludes halogenated alkanes) is 1. The molecule has 4 heteroatoms. The second-order valence-electron chi connectivity index (χ2n) is 5.62. The van der Waals surface area contributed by atoms with E-state index in [2.05, 4.69) is 54.2 Å². The molecule has 122 valence electrons. The number of hydrogen-bond acceptors (Lipinski definition) is 3. The van der Waals surface area contributed by atoms with Gasteiger partial charge < -0.3 is 10.2 Å². The van der Waals surface area contributed by atoms with Gasteiger partial charge in [-0.3, -0.25) is 9.78 Å². The summed E-state index contributed by atoms with van der Waals surface area (Å²) >= 11 is 0. The van der Waals surface area contributed by atoms with Gasteiger partial charge in [-0.2, -0.15) is 0 Å². The lowest BCUT2D eigenvalue weighted by Gasteiger charge is -2.23. The van der Waals surface area contributed by atoms with Crippen LogP contribution in [0.4, 0.5) is 11.4 Å². The van der Waals surface area contributed by atoms with Crippen molar-refractivity contribution >= 4 is 17.3 Å². The molecule has 0 saturated carbocycles. The van der Waals surface area contributed by atoms with E-state index in [1.165, 1.54) is 5.56 Å². The first-order valence-electron chi connectivity index (χ1n) is 8.23. The van der Waals surface area contributed by atoms with Gasteiger partial charge in [0.05, 0.1) is 17.4 Å². The van der Waals surface area contributed by atoms with Crippen molar-refractivity contribution in [2.45, 2.75) is 33.6 Å². The van der Waals surface area contributed by atoms with Crippen molar-refractivity contribution in [3.8, 4) is 0 Å². The maximum atomic E-state index is 12.2. The van der Waals surface area contributed by atoms with Gasteiger partial charge in [0.25, 0.3) is 5.91 Å². The van der Waals surface area contributed by atoms with E-state index in [9.17, 15) is 4.79 Å². The lowest BCUT2D eigenvalue weighted by atomic mass is 10.2. The minimum Gasteiger partial charge on any atom is -0.352 e. The topological polar surface area (TPSA) is 45.2 Å². The Hall–Kier alpha value is -2.36. The number of nitrogens with zero attached hydrogens (tertiary/aromatic N) is 2. The van der Waals surface area contributed by atoms with Gasteiger partial charge in [0, 0.05) is 25.0 Å². The van der Waals surface area contributed by atoms with Crippen LogP contribution in [-0.4, -0.2) is 24.0 Å². The SMILES string of the molecule is CCCCNC(=O)c1cncc(N(CC)c2cccc(C)c2)c1. The molecule has 2 rings (SSSR count). The van der Waals surface area contributed by atoms with Gasteiger partial charge in [0.2, 0.25) is 0 Å². The first-order valence-corrected chi connectivity index (χ1v) is 8.23. The number of carbonyl (C=O) groups is 1. The van der Waals surface area contributed by atoms with Crippen LogP contribution in [0.5, 0.6) is 0 Å². The molecular formula is C19H25N3O. The minimum absolute atomic E-state index is 0.0619. The molecule has 1 N–H and O–H groups in total. The van der Waals surface area contributed by atoms with E-state index in [1.54, 1.807) is 12.4 Å². The molecule has 0 atom stereocenters. The van der Waals surface area contributed by atoms with Gasteiger partial charge in [-0.25, -0.2) is 0 Å². The lowest BCUT2D eigenvalue weighted by Crippen LogP contribution is -2.25. The van der Waals surface area contributed by atoms with Gasteiger partial charge in [-0.05, 0) is 44.0 Å². The summed E-state index contributed by atoms with van der Waals surface area (Å²) < 4.78 is 0. The molecule has 0 unspecified atom stereocenters. The van der Waals surface area contributed by atoms with Crippen LogP contribution in [0.2, 0.25) is 0 Å². The number of nitrogens with one attached hydrogen (secondary N) is 1. The molecule has 0 aliphatic carbocycles. The average Bonchev–Trinajstić information content (AvgIpc) is 2.56. The summed E-state index contributed by atoms with van der Waals surface area (Å²) in [5.41, 5.74) is 3.85. The molecule has 0 fully saturated rings. The molecule has 0 spiro atoms. The standard InChI is InChI=1S/C19H25N3O/c1-4-6-10-21-19(23)16-12-18(14-20-13-16)22(5-2)17-9-7-8-15(3)11-17/h7-9,11-14H,4-6,10H2,1-3H3,(H,21,23). The molecule has 0 aliphatic rings. The molecule has 2 aromatic rings. The van der Waals surface area contributed by atoms with Crippen molar-refractivity contribution < 1.29 is 4.79 Å². The molecule has 4 nitrogen and oxygen atoms in total. The van der Waals surface area contributed by atoms with E-state index in [0.717, 1.165) is 30.8 Å². The van der Waals surface area contributed by atoms with Gasteiger partial charge in [-0.1, -0.05) is 25.5 Å². The predicted octanol–water partition coefficient (Wildman–Crippen LogP) is 4.08. The van der Waals surface area contributed by atoms with Crippen molar-refractivity contribution in [3.05, 3.63) is 53.9 Å². The van der Waals surface area contributed by atoms with E-state index in [4.69, 9.17) is 0 Å². The molecule has 1 aromatic heterocycles. The van der Waals surface area contributed by atoms with Crippen LogP contribution < -0.4 is 10.2 Å². The smallest absolute Gasteiger partial charge is 0.252 e. The summed E-state index contributed by atoms with van der Waals surface area (Å²) in [6.45, 7) is 7.79. The van der Waals surface area contributed by atoms with Crippen molar-refractivity contribution in [3.63, 3.8) is 0 Å². The fourth-order valence-electron chi connectivity index (χ4n) is 2.49. The third kappa shape index (κ3) is 4.55. The van der Waals surface area contributed by atoms with E-state index in [1.807, 2.05) is 12.1 Å². The Bertz CT molecular complexity index is 655. The van der Waals surface area contributed by atoms with E-state index in [0.29, 0.717) is 12.1 Å². The van der Waals surface area contributed by atoms with Crippen molar-refractivity contribution in [2.24, 2.45) is 0 Å². The zero-order valence-electron chi connectivity index (χ0n) is 14.2. The average molecular weight is 311 g/mol. The summed E-state index contributed by atoms with van der Waals surface area (Å²) in [5.74, 6) is -0.0619. The first kappa shape index (κ1) is 17.0. The zero-order chi connectivity index (χ0) is 16.7. The molecule has 1 heterocycles. The highest BCUT2D eigenvalue weighted by atomic mass is 16.1. The largest absolute Gasteiger partial charge is 0.352 e. The molecule has 23 heavy (non-hydrogen) atoms. The second kappa shape index (κ2) is 8.32. The Morgan fingerprint density at radius 2 is 2.00 bits per heavy atom. The Balaban J connectivity index is 2.21. The number of carbonyl (C=O) groups excluding carboxylic acids is 1. The molecule has 0 bridgehead atoms. The number of anilines is 2. The summed E-state index contributed by atoms with van der Waals surface area (Å²) in [7, 11) is 0. The maximum Gasteiger partial charge on any atom is 0.252 e. The molecular weight excluding hydrogens is 286 g/mol. The summed E-state index contributed by atoms with van der Waals surface area (Å²) in [4.78, 5) is 18.6. The molecule has 1 amide bonds. The van der Waals surface area contributed by atoms with Gasteiger partial charge in [0.1, 0.15) is 0 Å². The number of aromatic nitrogens is 1. The van der Waals surface area contributed by atoms with Crippen LogP contribution in [-0.2, 0) is 0 Å². The summed E-state index contributed by atoms with van der Waals surface area (Å²) in [5, 5.41) is 2.94. The van der Waals surface area contributed by atoms with Gasteiger partial charge >= 0.3 is 0 Å². The van der Waals surface area contributed by atoms with Crippen LogP contribution in [0.1, 0.15) is 42.6 Å². The van der Waals surface area contributed by atoms with Gasteiger partial charge in [-0.15, -0.1) is 0 Å². The Labute approximate surface area is 138 Å². The zero-order valence-corrected chi connectivity index (χ0v) is 14.2. The Morgan fingerprint density at radius 1 is 1.17 bits per heavy atom. The van der Waals surface area contributed by atoms with Crippen LogP contribution >= 0.6 is 0 Å². The molecule has 1 aromatic carbocycles. The van der Waals surface area contributed by atoms with Crippen molar-refractivity contribution in [1.29, 1.82) is 0 Å². The summed E-state index contributed by atoms with van der Waals surface area (Å²) in [6, 6.07) is 10.2. The second-order valence-corrected chi connectivity index (χ2v) is 5.62. The maximum absolute atomic E-state index is 12.2. The number of rotatable bonds is 7. The molecule has 0 aliphatic heterocycles. The number of pyridine rings is 1. The number of amides is 1. The summed E-state index contributed by atoms with van der Waals surface area (Å²) in [6.07, 6.45) is 5.47.